The van der Waals surface area contributed by atoms with E-state index in [1.54, 1.807) is 0 Å². The van der Waals surface area contributed by atoms with Crippen LogP contribution in [0.15, 0.2) is 0 Å². The molecule has 1 fully saturated rings. The van der Waals surface area contributed by atoms with E-state index in [-0.39, 0.29) is 0 Å². The molecule has 1 heterocycles. The lowest BCUT2D eigenvalue weighted by Gasteiger charge is -2.04. The summed E-state index contributed by atoms with van der Waals surface area (Å²) < 4.78 is 10.2. The number of ether oxygens (including phenoxy) is 2. The zero-order chi connectivity index (χ0) is 5.82. The Morgan fingerprint density at radius 1 is 1.75 bits per heavy atom. The van der Waals surface area contributed by atoms with Crippen LogP contribution in [0.4, 0.5) is 0 Å². The van der Waals surface area contributed by atoms with Gasteiger partial charge in [-0.25, -0.2) is 0 Å². The number of rotatable bonds is 2. The third-order valence-electron chi connectivity index (χ3n) is 1.20. The summed E-state index contributed by atoms with van der Waals surface area (Å²) in [5, 5.41) is 0. The van der Waals surface area contributed by atoms with E-state index >= 15 is 0 Å². The molecule has 0 aromatic rings. The molecule has 1 atom stereocenters. The molecule has 1 rings (SSSR count). The van der Waals surface area contributed by atoms with Crippen LogP contribution in [0, 0.1) is 0 Å². The summed E-state index contributed by atoms with van der Waals surface area (Å²) >= 11 is 3.92. The molecule has 1 aliphatic heterocycles. The Hall–Kier alpha value is 0.270. The van der Waals surface area contributed by atoms with Gasteiger partial charge >= 0.3 is 0 Å². The Morgan fingerprint density at radius 2 is 2.62 bits per heavy atom. The number of thiol groups is 1. The van der Waals surface area contributed by atoms with Crippen molar-refractivity contribution in [2.45, 2.75) is 12.5 Å². The molecular weight excluding hydrogens is 124 g/mol. The number of hydrogen-bond donors (Lipinski definition) is 1. The standard InChI is InChI=1S/C5H10O2S/c8-4-7-5-1-2-6-3-5/h5,8H,1-4H2. The van der Waals surface area contributed by atoms with Crippen molar-refractivity contribution in [3.8, 4) is 0 Å². The monoisotopic (exact) mass is 134 g/mol. The van der Waals surface area contributed by atoms with Crippen LogP contribution in [0.25, 0.3) is 0 Å². The highest BCUT2D eigenvalue weighted by molar-refractivity contribution is 7.80. The van der Waals surface area contributed by atoms with Crippen molar-refractivity contribution in [1.29, 1.82) is 0 Å². The first-order valence-corrected chi connectivity index (χ1v) is 3.37. The Kier molecular flexibility index (Phi) is 2.66. The molecule has 1 aliphatic rings. The topological polar surface area (TPSA) is 18.5 Å². The highest BCUT2D eigenvalue weighted by Crippen LogP contribution is 2.07. The van der Waals surface area contributed by atoms with Crippen molar-refractivity contribution in [2.75, 3.05) is 19.2 Å². The lowest BCUT2D eigenvalue weighted by atomic mass is 10.3. The molecule has 0 saturated carbocycles. The maximum atomic E-state index is 5.14. The van der Waals surface area contributed by atoms with Gasteiger partial charge in [0.25, 0.3) is 0 Å². The largest absolute Gasteiger partial charge is 0.379 e. The Morgan fingerprint density at radius 3 is 3.12 bits per heavy atom. The second-order valence-corrected chi connectivity index (χ2v) is 2.04. The van der Waals surface area contributed by atoms with E-state index in [1.165, 1.54) is 0 Å². The van der Waals surface area contributed by atoms with E-state index in [1.807, 2.05) is 0 Å². The van der Waals surface area contributed by atoms with Gasteiger partial charge in [0, 0.05) is 6.61 Å². The lowest BCUT2D eigenvalue weighted by molar-refractivity contribution is 0.0734. The van der Waals surface area contributed by atoms with Crippen LogP contribution in [-0.4, -0.2) is 25.3 Å². The molecule has 1 unspecified atom stereocenters. The maximum Gasteiger partial charge on any atom is 0.0897 e. The second kappa shape index (κ2) is 3.33. The van der Waals surface area contributed by atoms with Gasteiger partial charge < -0.3 is 9.47 Å². The summed E-state index contributed by atoms with van der Waals surface area (Å²) in [7, 11) is 0. The molecule has 0 N–H and O–H groups in total. The summed E-state index contributed by atoms with van der Waals surface area (Å²) in [6.07, 6.45) is 1.34. The molecule has 0 bridgehead atoms. The van der Waals surface area contributed by atoms with E-state index in [0.29, 0.717) is 12.0 Å². The minimum absolute atomic E-state index is 0.312. The number of hydrogen-bond acceptors (Lipinski definition) is 3. The van der Waals surface area contributed by atoms with Crippen LogP contribution in [0.2, 0.25) is 0 Å². The summed E-state index contributed by atoms with van der Waals surface area (Å²) in [6, 6.07) is 0. The van der Waals surface area contributed by atoms with Crippen LogP contribution in [0.1, 0.15) is 6.42 Å². The van der Waals surface area contributed by atoms with Gasteiger partial charge in [-0.15, -0.1) is 0 Å². The van der Waals surface area contributed by atoms with Gasteiger partial charge in [-0.2, -0.15) is 12.6 Å². The first-order valence-electron chi connectivity index (χ1n) is 2.73. The van der Waals surface area contributed by atoms with Gasteiger partial charge in [0.15, 0.2) is 0 Å². The molecular formula is C5H10O2S. The van der Waals surface area contributed by atoms with Crippen molar-refractivity contribution >= 4 is 12.6 Å². The molecule has 48 valence electrons. The zero-order valence-electron chi connectivity index (χ0n) is 4.67. The third-order valence-corrected chi connectivity index (χ3v) is 1.35. The van der Waals surface area contributed by atoms with Crippen molar-refractivity contribution in [3.63, 3.8) is 0 Å². The highest BCUT2D eigenvalue weighted by atomic mass is 32.1. The zero-order valence-corrected chi connectivity index (χ0v) is 5.56. The Bertz CT molecular complexity index is 61.4. The lowest BCUT2D eigenvalue weighted by Crippen LogP contribution is -2.10. The molecule has 0 amide bonds. The fourth-order valence-corrected chi connectivity index (χ4v) is 0.961. The smallest absolute Gasteiger partial charge is 0.0897 e. The van der Waals surface area contributed by atoms with Crippen molar-refractivity contribution in [1.82, 2.24) is 0 Å². The molecule has 1 saturated heterocycles. The van der Waals surface area contributed by atoms with Gasteiger partial charge in [0.05, 0.1) is 18.6 Å². The minimum Gasteiger partial charge on any atom is -0.379 e. The second-order valence-electron chi connectivity index (χ2n) is 1.78. The Labute approximate surface area is 54.6 Å². The van der Waals surface area contributed by atoms with Crippen LogP contribution < -0.4 is 0 Å². The summed E-state index contributed by atoms with van der Waals surface area (Å²) in [6.45, 7) is 1.60. The molecule has 0 aliphatic carbocycles. The van der Waals surface area contributed by atoms with E-state index in [2.05, 4.69) is 12.6 Å². The average molecular weight is 134 g/mol. The van der Waals surface area contributed by atoms with Crippen LogP contribution >= 0.6 is 12.6 Å². The Balaban J connectivity index is 2.06. The van der Waals surface area contributed by atoms with E-state index in [0.717, 1.165) is 19.6 Å². The molecule has 0 aromatic heterocycles. The van der Waals surface area contributed by atoms with Crippen LogP contribution in [0.5, 0.6) is 0 Å². The van der Waals surface area contributed by atoms with Crippen LogP contribution in [0.3, 0.4) is 0 Å². The molecule has 8 heavy (non-hydrogen) atoms. The third kappa shape index (κ3) is 1.65. The first kappa shape index (κ1) is 6.39. The maximum absolute atomic E-state index is 5.14. The van der Waals surface area contributed by atoms with Crippen molar-refractivity contribution in [3.05, 3.63) is 0 Å². The predicted molar refractivity (Wildman–Crippen MR) is 34.2 cm³/mol. The molecule has 2 nitrogen and oxygen atoms in total. The van der Waals surface area contributed by atoms with Gasteiger partial charge in [0.1, 0.15) is 0 Å². The van der Waals surface area contributed by atoms with Gasteiger partial charge in [0.2, 0.25) is 0 Å². The van der Waals surface area contributed by atoms with E-state index in [4.69, 9.17) is 9.47 Å². The minimum atomic E-state index is 0.312. The fourth-order valence-electron chi connectivity index (χ4n) is 0.750. The van der Waals surface area contributed by atoms with E-state index < -0.39 is 0 Å². The average Bonchev–Trinajstić information content (AvgIpc) is 2.19. The van der Waals surface area contributed by atoms with Crippen molar-refractivity contribution in [2.24, 2.45) is 0 Å². The normalized spacial score (nSPS) is 28.9. The van der Waals surface area contributed by atoms with Gasteiger partial charge in [-0.3, -0.25) is 0 Å². The predicted octanol–water partition coefficient (Wildman–Crippen LogP) is 0.679. The van der Waals surface area contributed by atoms with Crippen molar-refractivity contribution < 1.29 is 9.47 Å². The SMILES string of the molecule is SCOC1CCOC1. The summed E-state index contributed by atoms with van der Waals surface area (Å²) in [5.74, 6) is 0.508. The highest BCUT2D eigenvalue weighted by Gasteiger charge is 2.14. The molecule has 0 spiro atoms. The van der Waals surface area contributed by atoms with Gasteiger partial charge in [-0.05, 0) is 6.42 Å². The molecule has 0 radical (unpaired) electrons. The fraction of sp³-hybridized carbons (Fsp3) is 1.00. The van der Waals surface area contributed by atoms with Gasteiger partial charge in [-0.1, -0.05) is 0 Å². The summed E-state index contributed by atoms with van der Waals surface area (Å²) in [5.41, 5.74) is 0. The molecule has 3 heteroatoms. The first-order chi connectivity index (χ1) is 3.93. The van der Waals surface area contributed by atoms with E-state index in [9.17, 15) is 0 Å². The van der Waals surface area contributed by atoms with Crippen LogP contribution in [-0.2, 0) is 9.47 Å². The quantitative estimate of drug-likeness (QED) is 0.442. The summed E-state index contributed by atoms with van der Waals surface area (Å²) in [4.78, 5) is 0. The molecule has 0 aromatic carbocycles.